The summed E-state index contributed by atoms with van der Waals surface area (Å²) < 4.78 is 22.0. The van der Waals surface area contributed by atoms with E-state index in [0.29, 0.717) is 13.2 Å². The fourth-order valence-corrected chi connectivity index (χ4v) is 2.52. The van der Waals surface area contributed by atoms with E-state index in [1.54, 1.807) is 13.8 Å². The first-order valence-corrected chi connectivity index (χ1v) is 7.82. The highest BCUT2D eigenvalue weighted by Crippen LogP contribution is 2.30. The van der Waals surface area contributed by atoms with Gasteiger partial charge in [-0.05, 0) is 25.5 Å². The highest BCUT2D eigenvalue weighted by Gasteiger charge is 2.40. The lowest BCUT2D eigenvalue weighted by Crippen LogP contribution is -2.27. The summed E-state index contributed by atoms with van der Waals surface area (Å²) in [5, 5.41) is 9.33. The Kier molecular flexibility index (Phi) is 6.51. The Bertz CT molecular complexity index is 566. The van der Waals surface area contributed by atoms with Crippen LogP contribution >= 0.6 is 0 Å². The molecule has 1 N–H and O–H groups in total. The van der Waals surface area contributed by atoms with Crippen LogP contribution in [0, 0.1) is 0 Å². The summed E-state index contributed by atoms with van der Waals surface area (Å²) >= 11 is 0. The number of carbonyl (C=O) groups is 1. The van der Waals surface area contributed by atoms with Crippen LogP contribution in [0.25, 0.3) is 0 Å². The van der Waals surface area contributed by atoms with Crippen LogP contribution in [0.2, 0.25) is 0 Å². The predicted molar refractivity (Wildman–Crippen MR) is 87.1 cm³/mol. The monoisotopic (exact) mass is 336 g/mol. The van der Waals surface area contributed by atoms with E-state index >= 15 is 0 Å². The van der Waals surface area contributed by atoms with E-state index < -0.39 is 24.5 Å². The van der Waals surface area contributed by atoms with Gasteiger partial charge in [0, 0.05) is 0 Å². The van der Waals surface area contributed by atoms with Gasteiger partial charge in [0.15, 0.2) is 5.79 Å². The van der Waals surface area contributed by atoms with Crippen LogP contribution in [-0.4, -0.2) is 49.4 Å². The Morgan fingerprint density at radius 2 is 2.00 bits per heavy atom. The topological polar surface area (TPSA) is 74.2 Å². The van der Waals surface area contributed by atoms with E-state index in [4.69, 9.17) is 14.2 Å². The van der Waals surface area contributed by atoms with Crippen LogP contribution in [0.1, 0.15) is 19.4 Å². The number of rotatable bonds is 7. The number of hydrogen-bond donors (Lipinski definition) is 1. The van der Waals surface area contributed by atoms with Crippen LogP contribution < -0.4 is 0 Å². The second-order valence-electron chi connectivity index (χ2n) is 5.98. The van der Waals surface area contributed by atoms with Crippen LogP contribution in [0.3, 0.4) is 0 Å². The van der Waals surface area contributed by atoms with Gasteiger partial charge >= 0.3 is 5.97 Å². The van der Waals surface area contributed by atoms with Crippen molar-refractivity contribution in [1.29, 1.82) is 0 Å². The molecule has 0 aromatic heterocycles. The van der Waals surface area contributed by atoms with Crippen molar-refractivity contribution in [2.75, 3.05) is 20.3 Å². The summed E-state index contributed by atoms with van der Waals surface area (Å²) in [4.78, 5) is 11.6. The Morgan fingerprint density at radius 3 is 2.62 bits per heavy atom. The summed E-state index contributed by atoms with van der Waals surface area (Å²) in [5.74, 6) is -1.38. The highest BCUT2D eigenvalue weighted by atomic mass is 16.8. The largest absolute Gasteiger partial charge is 0.466 e. The van der Waals surface area contributed by atoms with E-state index in [2.05, 4.69) is 4.74 Å². The molecule has 0 saturated carbocycles. The molecule has 0 bridgehead atoms. The van der Waals surface area contributed by atoms with E-state index in [1.165, 1.54) is 13.2 Å². The predicted octanol–water partition coefficient (Wildman–Crippen LogP) is 1.81. The molecule has 6 heteroatoms. The van der Waals surface area contributed by atoms with Crippen molar-refractivity contribution in [1.82, 2.24) is 0 Å². The summed E-state index contributed by atoms with van der Waals surface area (Å²) in [6, 6.07) is 9.81. The average molecular weight is 336 g/mol. The van der Waals surface area contributed by atoms with Gasteiger partial charge < -0.3 is 24.1 Å². The Hall–Kier alpha value is -1.73. The lowest BCUT2D eigenvalue weighted by atomic mass is 10.1. The molecule has 1 saturated heterocycles. The molecule has 132 valence electrons. The lowest BCUT2D eigenvalue weighted by Gasteiger charge is -2.16. The quantitative estimate of drug-likeness (QED) is 0.605. The van der Waals surface area contributed by atoms with Crippen molar-refractivity contribution >= 4 is 5.97 Å². The molecule has 0 aliphatic carbocycles. The first-order chi connectivity index (χ1) is 11.4. The van der Waals surface area contributed by atoms with Gasteiger partial charge in [-0.2, -0.15) is 0 Å². The van der Waals surface area contributed by atoms with Crippen molar-refractivity contribution in [3.05, 3.63) is 47.5 Å². The molecule has 0 unspecified atom stereocenters. The van der Waals surface area contributed by atoms with Gasteiger partial charge in [0.25, 0.3) is 0 Å². The summed E-state index contributed by atoms with van der Waals surface area (Å²) in [7, 11) is 1.27. The Labute approximate surface area is 142 Å². The third-order valence-corrected chi connectivity index (χ3v) is 3.60. The summed E-state index contributed by atoms with van der Waals surface area (Å²) in [6.07, 6.45) is 0.656. The summed E-state index contributed by atoms with van der Waals surface area (Å²) in [6.45, 7) is 3.93. The molecule has 6 nitrogen and oxygen atoms in total. The highest BCUT2D eigenvalue weighted by molar-refractivity contribution is 5.88. The standard InChI is InChI=1S/C18H24O6/c1-18(2)23-15(9-14(10-19)17(20)21-3)16(24-18)12-22-11-13-7-5-4-6-8-13/h4-9,15-16,19H,10-12H2,1-3H3/b14-9+/t15-,16-/m0/s1. The van der Waals surface area contributed by atoms with Crippen molar-refractivity contribution in [3.8, 4) is 0 Å². The molecule has 1 aromatic rings. The van der Waals surface area contributed by atoms with Crippen molar-refractivity contribution in [3.63, 3.8) is 0 Å². The third-order valence-electron chi connectivity index (χ3n) is 3.60. The van der Waals surface area contributed by atoms with Crippen LogP contribution in [0.4, 0.5) is 0 Å². The van der Waals surface area contributed by atoms with E-state index in [0.717, 1.165) is 5.56 Å². The van der Waals surface area contributed by atoms with Gasteiger partial charge in [0.1, 0.15) is 12.2 Å². The number of methoxy groups -OCH3 is 1. The van der Waals surface area contributed by atoms with Crippen LogP contribution in [0.15, 0.2) is 42.0 Å². The molecule has 0 amide bonds. The second kappa shape index (κ2) is 8.39. The van der Waals surface area contributed by atoms with Gasteiger partial charge in [-0.1, -0.05) is 30.3 Å². The minimum absolute atomic E-state index is 0.136. The Balaban J connectivity index is 2.00. The van der Waals surface area contributed by atoms with Crippen molar-refractivity contribution in [2.24, 2.45) is 0 Å². The third kappa shape index (κ3) is 5.14. The van der Waals surface area contributed by atoms with E-state index in [-0.39, 0.29) is 11.7 Å². The first-order valence-electron chi connectivity index (χ1n) is 7.82. The molecule has 1 aliphatic heterocycles. The fourth-order valence-electron chi connectivity index (χ4n) is 2.52. The zero-order valence-corrected chi connectivity index (χ0v) is 14.2. The minimum Gasteiger partial charge on any atom is -0.466 e. The van der Waals surface area contributed by atoms with Crippen LogP contribution in [0.5, 0.6) is 0 Å². The molecule has 2 atom stereocenters. The van der Waals surface area contributed by atoms with Crippen LogP contribution in [-0.2, 0) is 30.3 Å². The van der Waals surface area contributed by atoms with E-state index in [1.807, 2.05) is 30.3 Å². The maximum Gasteiger partial charge on any atom is 0.335 e. The van der Waals surface area contributed by atoms with Gasteiger partial charge in [0.05, 0.1) is 32.5 Å². The lowest BCUT2D eigenvalue weighted by molar-refractivity contribution is -0.149. The molecular formula is C18H24O6. The molecule has 0 spiro atoms. The second-order valence-corrected chi connectivity index (χ2v) is 5.98. The molecule has 1 heterocycles. The number of aliphatic hydroxyl groups excluding tert-OH is 1. The molecule has 1 aromatic carbocycles. The SMILES string of the molecule is COC(=O)/C(=C/[C@@H]1OC(C)(C)O[C@H]1COCc1ccccc1)CO. The number of carbonyl (C=O) groups excluding carboxylic acids is 1. The number of ether oxygens (including phenoxy) is 4. The minimum atomic E-state index is -0.793. The average Bonchev–Trinajstić information content (AvgIpc) is 2.86. The maximum absolute atomic E-state index is 11.6. The van der Waals surface area contributed by atoms with Crippen molar-refractivity contribution in [2.45, 2.75) is 38.4 Å². The fraction of sp³-hybridized carbons (Fsp3) is 0.500. The molecular weight excluding hydrogens is 312 g/mol. The van der Waals surface area contributed by atoms with Gasteiger partial charge in [0.2, 0.25) is 0 Å². The smallest absolute Gasteiger partial charge is 0.335 e. The van der Waals surface area contributed by atoms with Gasteiger partial charge in [-0.15, -0.1) is 0 Å². The zero-order chi connectivity index (χ0) is 17.6. The number of esters is 1. The molecule has 2 rings (SSSR count). The molecule has 24 heavy (non-hydrogen) atoms. The number of benzene rings is 1. The van der Waals surface area contributed by atoms with E-state index in [9.17, 15) is 9.90 Å². The molecule has 1 fully saturated rings. The van der Waals surface area contributed by atoms with Gasteiger partial charge in [-0.3, -0.25) is 0 Å². The number of aliphatic hydroxyl groups is 1. The number of hydrogen-bond acceptors (Lipinski definition) is 6. The molecule has 0 radical (unpaired) electrons. The first kappa shape index (κ1) is 18.6. The van der Waals surface area contributed by atoms with Gasteiger partial charge in [-0.25, -0.2) is 4.79 Å². The van der Waals surface area contributed by atoms with Crippen molar-refractivity contribution < 1.29 is 28.8 Å². The molecule has 1 aliphatic rings. The zero-order valence-electron chi connectivity index (χ0n) is 14.2. The maximum atomic E-state index is 11.6. The summed E-state index contributed by atoms with van der Waals surface area (Å²) in [5.41, 5.74) is 1.20. The normalized spacial score (nSPS) is 23.2. The Morgan fingerprint density at radius 1 is 1.29 bits per heavy atom.